The van der Waals surface area contributed by atoms with Crippen LogP contribution >= 0.6 is 0 Å². The highest BCUT2D eigenvalue weighted by molar-refractivity contribution is 5.94. The normalized spacial score (nSPS) is 13.3. The van der Waals surface area contributed by atoms with Crippen LogP contribution in [0.25, 0.3) is 0 Å². The van der Waals surface area contributed by atoms with Gasteiger partial charge in [-0.15, -0.1) is 0 Å². The number of amides is 1. The van der Waals surface area contributed by atoms with Crippen LogP contribution in [0, 0.1) is 5.92 Å². The average Bonchev–Trinajstić information content (AvgIpc) is 2.36. The van der Waals surface area contributed by atoms with Gasteiger partial charge in [0.05, 0.1) is 18.2 Å². The SMILES string of the molecule is CC(C)CC(CO)NC(=O)c1cccc(C(F)(F)F)c1. The molecule has 112 valence electrons. The standard InChI is InChI=1S/C14H18F3NO2/c1-9(2)6-12(8-19)18-13(20)10-4-3-5-11(7-10)14(15,16)17/h3-5,7,9,12,19H,6,8H2,1-2H3,(H,18,20). The summed E-state index contributed by atoms with van der Waals surface area (Å²) in [7, 11) is 0. The molecule has 20 heavy (non-hydrogen) atoms. The molecular weight excluding hydrogens is 271 g/mol. The number of nitrogens with one attached hydrogen (secondary N) is 1. The highest BCUT2D eigenvalue weighted by Crippen LogP contribution is 2.29. The van der Waals surface area contributed by atoms with Crippen LogP contribution in [0.3, 0.4) is 0 Å². The minimum Gasteiger partial charge on any atom is -0.394 e. The summed E-state index contributed by atoms with van der Waals surface area (Å²) in [6.07, 6.45) is -3.92. The van der Waals surface area contributed by atoms with Crippen molar-refractivity contribution in [2.45, 2.75) is 32.5 Å². The minimum absolute atomic E-state index is 0.0676. The molecule has 1 aromatic carbocycles. The molecule has 2 N–H and O–H groups in total. The summed E-state index contributed by atoms with van der Waals surface area (Å²) in [4.78, 5) is 11.9. The van der Waals surface area contributed by atoms with Gasteiger partial charge >= 0.3 is 6.18 Å². The van der Waals surface area contributed by atoms with Crippen molar-refractivity contribution in [1.29, 1.82) is 0 Å². The summed E-state index contributed by atoms with van der Waals surface area (Å²) in [5.41, 5.74) is -0.934. The van der Waals surface area contributed by atoms with Crippen LogP contribution in [0.1, 0.15) is 36.2 Å². The van der Waals surface area contributed by atoms with E-state index in [9.17, 15) is 18.0 Å². The van der Waals surface area contributed by atoms with Crippen molar-refractivity contribution in [3.63, 3.8) is 0 Å². The fourth-order valence-corrected chi connectivity index (χ4v) is 1.85. The third-order valence-corrected chi connectivity index (χ3v) is 2.76. The molecule has 0 heterocycles. The highest BCUT2D eigenvalue weighted by Gasteiger charge is 2.31. The van der Waals surface area contributed by atoms with Gasteiger partial charge in [-0.2, -0.15) is 13.2 Å². The summed E-state index contributed by atoms with van der Waals surface area (Å²) in [6.45, 7) is 3.61. The molecule has 0 aliphatic carbocycles. The van der Waals surface area contributed by atoms with E-state index in [1.54, 1.807) is 0 Å². The number of hydrogen-bond acceptors (Lipinski definition) is 2. The van der Waals surface area contributed by atoms with Crippen LogP contribution in [0.5, 0.6) is 0 Å². The molecule has 0 aromatic heterocycles. The van der Waals surface area contributed by atoms with Gasteiger partial charge in [0.1, 0.15) is 0 Å². The van der Waals surface area contributed by atoms with Gasteiger partial charge in [0.2, 0.25) is 0 Å². The van der Waals surface area contributed by atoms with Crippen molar-refractivity contribution in [3.8, 4) is 0 Å². The van der Waals surface area contributed by atoms with E-state index in [2.05, 4.69) is 5.32 Å². The van der Waals surface area contributed by atoms with E-state index in [4.69, 9.17) is 5.11 Å². The predicted molar refractivity (Wildman–Crippen MR) is 69.2 cm³/mol. The molecule has 1 aromatic rings. The Labute approximate surface area is 115 Å². The molecule has 6 heteroatoms. The number of carbonyl (C=O) groups excluding carboxylic acids is 1. The van der Waals surface area contributed by atoms with Gasteiger partial charge in [-0.05, 0) is 30.5 Å². The van der Waals surface area contributed by atoms with E-state index in [1.807, 2.05) is 13.8 Å². The van der Waals surface area contributed by atoms with Crippen molar-refractivity contribution >= 4 is 5.91 Å². The number of alkyl halides is 3. The highest BCUT2D eigenvalue weighted by atomic mass is 19.4. The Kier molecular flexibility index (Phi) is 5.56. The quantitative estimate of drug-likeness (QED) is 0.875. The van der Waals surface area contributed by atoms with E-state index in [0.29, 0.717) is 6.42 Å². The fourth-order valence-electron chi connectivity index (χ4n) is 1.85. The number of rotatable bonds is 5. The van der Waals surface area contributed by atoms with Crippen molar-refractivity contribution in [2.24, 2.45) is 5.92 Å². The lowest BCUT2D eigenvalue weighted by Gasteiger charge is -2.18. The Bertz CT molecular complexity index is 458. The first-order chi connectivity index (χ1) is 9.24. The molecule has 1 atom stereocenters. The van der Waals surface area contributed by atoms with Crippen molar-refractivity contribution in [2.75, 3.05) is 6.61 Å². The van der Waals surface area contributed by atoms with Crippen LogP contribution in [-0.2, 0) is 6.18 Å². The van der Waals surface area contributed by atoms with Gasteiger partial charge in [0.15, 0.2) is 0 Å². The van der Waals surface area contributed by atoms with Crippen LogP contribution in [0.15, 0.2) is 24.3 Å². The van der Waals surface area contributed by atoms with Gasteiger partial charge < -0.3 is 10.4 Å². The number of aliphatic hydroxyl groups excluding tert-OH is 1. The third-order valence-electron chi connectivity index (χ3n) is 2.76. The van der Waals surface area contributed by atoms with Crippen LogP contribution in [-0.4, -0.2) is 23.7 Å². The monoisotopic (exact) mass is 289 g/mol. The topological polar surface area (TPSA) is 49.3 Å². The van der Waals surface area contributed by atoms with Gasteiger partial charge in [-0.3, -0.25) is 4.79 Å². The smallest absolute Gasteiger partial charge is 0.394 e. The minimum atomic E-state index is -4.48. The predicted octanol–water partition coefficient (Wildman–Crippen LogP) is 2.84. The largest absolute Gasteiger partial charge is 0.416 e. The van der Waals surface area contributed by atoms with Crippen LogP contribution in [0.2, 0.25) is 0 Å². The molecular formula is C14H18F3NO2. The molecule has 0 radical (unpaired) electrons. The molecule has 0 fully saturated rings. The second-order valence-corrected chi connectivity index (χ2v) is 5.06. The molecule has 0 saturated carbocycles. The molecule has 0 aliphatic heterocycles. The van der Waals surface area contributed by atoms with Gasteiger partial charge in [0, 0.05) is 5.56 Å². The maximum absolute atomic E-state index is 12.6. The third kappa shape index (κ3) is 4.85. The van der Waals surface area contributed by atoms with Crippen LogP contribution in [0.4, 0.5) is 13.2 Å². The molecule has 1 unspecified atom stereocenters. The van der Waals surface area contributed by atoms with Gasteiger partial charge in [-0.1, -0.05) is 19.9 Å². The van der Waals surface area contributed by atoms with E-state index in [-0.39, 0.29) is 18.1 Å². The second-order valence-electron chi connectivity index (χ2n) is 5.06. The molecule has 1 amide bonds. The summed E-state index contributed by atoms with van der Waals surface area (Å²) in [6, 6.07) is 3.76. The Morgan fingerprint density at radius 1 is 1.35 bits per heavy atom. The Balaban J connectivity index is 2.82. The molecule has 0 bridgehead atoms. The average molecular weight is 289 g/mol. The Hall–Kier alpha value is -1.56. The summed E-state index contributed by atoms with van der Waals surface area (Å²) < 4.78 is 37.7. The number of benzene rings is 1. The number of carbonyl (C=O) groups is 1. The van der Waals surface area contributed by atoms with E-state index in [0.717, 1.165) is 12.1 Å². The van der Waals surface area contributed by atoms with E-state index < -0.39 is 23.7 Å². The molecule has 3 nitrogen and oxygen atoms in total. The zero-order valence-electron chi connectivity index (χ0n) is 11.4. The molecule has 0 aliphatic rings. The van der Waals surface area contributed by atoms with Gasteiger partial charge in [-0.25, -0.2) is 0 Å². The molecule has 1 rings (SSSR count). The zero-order chi connectivity index (χ0) is 15.3. The van der Waals surface area contributed by atoms with E-state index in [1.165, 1.54) is 12.1 Å². The lowest BCUT2D eigenvalue weighted by molar-refractivity contribution is -0.137. The fraction of sp³-hybridized carbons (Fsp3) is 0.500. The molecule has 0 spiro atoms. The summed E-state index contributed by atoms with van der Waals surface area (Å²) in [5, 5.41) is 11.7. The lowest BCUT2D eigenvalue weighted by Crippen LogP contribution is -2.38. The van der Waals surface area contributed by atoms with Crippen molar-refractivity contribution in [1.82, 2.24) is 5.32 Å². The van der Waals surface area contributed by atoms with Crippen LogP contribution < -0.4 is 5.32 Å². The molecule has 0 saturated heterocycles. The summed E-state index contributed by atoms with van der Waals surface area (Å²) in [5.74, 6) is -0.357. The number of aliphatic hydroxyl groups is 1. The lowest BCUT2D eigenvalue weighted by atomic mass is 10.0. The van der Waals surface area contributed by atoms with Gasteiger partial charge in [0.25, 0.3) is 5.91 Å². The number of halogens is 3. The van der Waals surface area contributed by atoms with Crippen molar-refractivity contribution in [3.05, 3.63) is 35.4 Å². The Morgan fingerprint density at radius 3 is 2.50 bits per heavy atom. The maximum Gasteiger partial charge on any atom is 0.416 e. The first-order valence-electron chi connectivity index (χ1n) is 6.33. The summed E-state index contributed by atoms with van der Waals surface area (Å²) >= 11 is 0. The first-order valence-corrected chi connectivity index (χ1v) is 6.33. The maximum atomic E-state index is 12.6. The number of hydrogen-bond donors (Lipinski definition) is 2. The van der Waals surface area contributed by atoms with Crippen molar-refractivity contribution < 1.29 is 23.1 Å². The van der Waals surface area contributed by atoms with E-state index >= 15 is 0 Å². The first kappa shape index (κ1) is 16.5. The zero-order valence-corrected chi connectivity index (χ0v) is 11.4. The Morgan fingerprint density at radius 2 is 2.00 bits per heavy atom. The second kappa shape index (κ2) is 6.74.